The van der Waals surface area contributed by atoms with Crippen molar-refractivity contribution in [2.24, 2.45) is 5.14 Å². The Bertz CT molecular complexity index is 738. The zero-order chi connectivity index (χ0) is 14.9. The predicted octanol–water partition coefficient (Wildman–Crippen LogP) is 2.08. The average molecular weight is 309 g/mol. The van der Waals surface area contributed by atoms with Crippen LogP contribution in [0.15, 0.2) is 45.1 Å². The van der Waals surface area contributed by atoms with Crippen molar-refractivity contribution < 1.29 is 8.42 Å². The van der Waals surface area contributed by atoms with Crippen molar-refractivity contribution in [2.45, 2.75) is 28.7 Å². The van der Waals surface area contributed by atoms with Gasteiger partial charge in [0, 0.05) is 16.3 Å². The zero-order valence-electron chi connectivity index (χ0n) is 11.1. The van der Waals surface area contributed by atoms with Crippen LogP contribution in [0.4, 0.5) is 5.69 Å². The molecule has 4 N–H and O–H groups in total. The van der Waals surface area contributed by atoms with Gasteiger partial charge in [0.2, 0.25) is 10.0 Å². The molecule has 0 atom stereocenters. The summed E-state index contributed by atoms with van der Waals surface area (Å²) in [6, 6.07) is 8.43. The minimum absolute atomic E-state index is 0.00405. The number of primary sulfonamides is 1. The fraction of sp³-hybridized carbons (Fsp3) is 0.154. The number of hydrogen-bond donors (Lipinski definition) is 2. The number of sulfonamides is 1. The van der Waals surface area contributed by atoms with Gasteiger partial charge in [-0.05, 0) is 49.7 Å². The first kappa shape index (κ1) is 14.8. The third-order valence-corrected chi connectivity index (χ3v) is 4.31. The summed E-state index contributed by atoms with van der Waals surface area (Å²) in [6.07, 6.45) is 0. The van der Waals surface area contributed by atoms with Gasteiger partial charge in [0.1, 0.15) is 5.03 Å². The van der Waals surface area contributed by atoms with E-state index in [1.54, 1.807) is 6.07 Å². The highest BCUT2D eigenvalue weighted by molar-refractivity contribution is 7.99. The SMILES string of the molecule is Cc1cc(C)nc(Sc2cc(N)cc(S(N)(=O)=O)c2)c1. The molecule has 0 fully saturated rings. The van der Waals surface area contributed by atoms with Crippen LogP contribution in [0.3, 0.4) is 0 Å². The highest BCUT2D eigenvalue weighted by Crippen LogP contribution is 2.30. The van der Waals surface area contributed by atoms with Gasteiger partial charge < -0.3 is 5.73 Å². The summed E-state index contributed by atoms with van der Waals surface area (Å²) >= 11 is 1.35. The molecule has 0 spiro atoms. The van der Waals surface area contributed by atoms with Gasteiger partial charge in [-0.2, -0.15) is 0 Å². The second-order valence-corrected chi connectivity index (χ2v) is 7.16. The Morgan fingerprint density at radius 1 is 1.10 bits per heavy atom. The molecule has 2 rings (SSSR count). The van der Waals surface area contributed by atoms with Crippen LogP contribution in [0.5, 0.6) is 0 Å². The Balaban J connectivity index is 2.41. The lowest BCUT2D eigenvalue weighted by Gasteiger charge is -2.07. The lowest BCUT2D eigenvalue weighted by Crippen LogP contribution is -2.12. The predicted molar refractivity (Wildman–Crippen MR) is 80.1 cm³/mol. The minimum Gasteiger partial charge on any atom is -0.399 e. The van der Waals surface area contributed by atoms with Crippen LogP contribution < -0.4 is 10.9 Å². The molecule has 1 aromatic carbocycles. The topological polar surface area (TPSA) is 99.1 Å². The van der Waals surface area contributed by atoms with Crippen molar-refractivity contribution in [2.75, 3.05) is 5.73 Å². The van der Waals surface area contributed by atoms with E-state index in [4.69, 9.17) is 10.9 Å². The van der Waals surface area contributed by atoms with Gasteiger partial charge in [-0.1, -0.05) is 11.8 Å². The van der Waals surface area contributed by atoms with Gasteiger partial charge in [-0.3, -0.25) is 0 Å². The third kappa shape index (κ3) is 3.72. The number of pyridine rings is 1. The molecule has 0 radical (unpaired) electrons. The smallest absolute Gasteiger partial charge is 0.238 e. The van der Waals surface area contributed by atoms with E-state index in [-0.39, 0.29) is 4.90 Å². The average Bonchev–Trinajstić information content (AvgIpc) is 2.25. The molecule has 0 unspecified atom stereocenters. The first-order valence-electron chi connectivity index (χ1n) is 5.80. The summed E-state index contributed by atoms with van der Waals surface area (Å²) < 4.78 is 22.8. The van der Waals surface area contributed by atoms with Crippen LogP contribution in [0, 0.1) is 13.8 Å². The second kappa shape index (κ2) is 5.43. The molecular formula is C13H15N3O2S2. The largest absolute Gasteiger partial charge is 0.399 e. The molecule has 2 aromatic rings. The Labute approximate surface area is 122 Å². The third-order valence-electron chi connectivity index (χ3n) is 2.53. The van der Waals surface area contributed by atoms with Crippen LogP contribution in [-0.2, 0) is 10.0 Å². The molecule has 1 heterocycles. The van der Waals surface area contributed by atoms with Crippen molar-refractivity contribution >= 4 is 27.5 Å². The molecule has 0 saturated heterocycles. The van der Waals surface area contributed by atoms with Crippen LogP contribution in [0.2, 0.25) is 0 Å². The van der Waals surface area contributed by atoms with Gasteiger partial charge in [-0.25, -0.2) is 18.5 Å². The highest BCUT2D eigenvalue weighted by Gasteiger charge is 2.11. The highest BCUT2D eigenvalue weighted by atomic mass is 32.2. The number of hydrogen-bond acceptors (Lipinski definition) is 5. The number of nitrogens with two attached hydrogens (primary N) is 2. The zero-order valence-corrected chi connectivity index (χ0v) is 12.8. The Hall–Kier alpha value is -1.57. The number of nitrogens with zero attached hydrogens (tertiary/aromatic N) is 1. The van der Waals surface area contributed by atoms with Gasteiger partial charge in [-0.15, -0.1) is 0 Å². The number of nitrogen functional groups attached to an aromatic ring is 1. The fourth-order valence-electron chi connectivity index (χ4n) is 1.79. The molecule has 0 aliphatic heterocycles. The molecular weight excluding hydrogens is 294 g/mol. The lowest BCUT2D eigenvalue weighted by molar-refractivity contribution is 0.597. The van der Waals surface area contributed by atoms with E-state index < -0.39 is 10.0 Å². The standard InChI is InChI=1S/C13H15N3O2S2/c1-8-3-9(2)16-13(4-8)19-11-5-10(14)6-12(7-11)20(15,17)18/h3-7H,14H2,1-2H3,(H2,15,17,18). The van der Waals surface area contributed by atoms with Crippen molar-refractivity contribution in [1.29, 1.82) is 0 Å². The van der Waals surface area contributed by atoms with Gasteiger partial charge in [0.25, 0.3) is 0 Å². The number of benzene rings is 1. The van der Waals surface area contributed by atoms with E-state index in [1.807, 2.05) is 26.0 Å². The number of aromatic nitrogens is 1. The van der Waals surface area contributed by atoms with Crippen LogP contribution >= 0.6 is 11.8 Å². The summed E-state index contributed by atoms with van der Waals surface area (Å²) in [5.74, 6) is 0. The summed E-state index contributed by atoms with van der Waals surface area (Å²) in [4.78, 5) is 5.08. The molecule has 0 bridgehead atoms. The van der Waals surface area contributed by atoms with E-state index in [1.165, 1.54) is 23.9 Å². The Morgan fingerprint density at radius 3 is 2.40 bits per heavy atom. The molecule has 0 aliphatic carbocycles. The molecule has 20 heavy (non-hydrogen) atoms. The quantitative estimate of drug-likeness (QED) is 0.846. The molecule has 0 saturated carbocycles. The van der Waals surface area contributed by atoms with E-state index in [0.29, 0.717) is 10.6 Å². The summed E-state index contributed by atoms with van der Waals surface area (Å²) in [7, 11) is -3.77. The molecule has 7 heteroatoms. The number of anilines is 1. The minimum atomic E-state index is -3.77. The van der Waals surface area contributed by atoms with E-state index in [9.17, 15) is 8.42 Å². The van der Waals surface area contributed by atoms with Crippen molar-refractivity contribution in [1.82, 2.24) is 4.98 Å². The second-order valence-electron chi connectivity index (χ2n) is 4.51. The van der Waals surface area contributed by atoms with Crippen LogP contribution in [0.1, 0.15) is 11.3 Å². The lowest BCUT2D eigenvalue weighted by atomic mass is 10.3. The molecule has 0 amide bonds. The van der Waals surface area contributed by atoms with E-state index >= 15 is 0 Å². The molecule has 106 valence electrons. The van der Waals surface area contributed by atoms with Gasteiger partial charge in [0.05, 0.1) is 4.90 Å². The van der Waals surface area contributed by atoms with Crippen molar-refractivity contribution in [3.05, 3.63) is 41.6 Å². The number of aryl methyl sites for hydroxylation is 2. The Kier molecular flexibility index (Phi) is 4.03. The van der Waals surface area contributed by atoms with Crippen LogP contribution in [0.25, 0.3) is 0 Å². The monoisotopic (exact) mass is 309 g/mol. The molecule has 5 nitrogen and oxygen atoms in total. The Morgan fingerprint density at radius 2 is 1.80 bits per heavy atom. The maximum Gasteiger partial charge on any atom is 0.238 e. The first-order chi connectivity index (χ1) is 9.24. The van der Waals surface area contributed by atoms with Gasteiger partial charge >= 0.3 is 0 Å². The van der Waals surface area contributed by atoms with E-state index in [2.05, 4.69) is 4.98 Å². The normalized spacial score (nSPS) is 11.6. The van der Waals surface area contributed by atoms with Crippen molar-refractivity contribution in [3.63, 3.8) is 0 Å². The summed E-state index contributed by atoms with van der Waals surface area (Å²) in [5, 5.41) is 5.91. The maximum atomic E-state index is 11.4. The fourth-order valence-corrected chi connectivity index (χ4v) is 3.52. The van der Waals surface area contributed by atoms with Crippen LogP contribution in [-0.4, -0.2) is 13.4 Å². The number of rotatable bonds is 3. The summed E-state index contributed by atoms with van der Waals surface area (Å²) in [6.45, 7) is 3.89. The summed E-state index contributed by atoms with van der Waals surface area (Å²) in [5.41, 5.74) is 8.06. The van der Waals surface area contributed by atoms with E-state index in [0.717, 1.165) is 16.3 Å². The molecule has 1 aromatic heterocycles. The van der Waals surface area contributed by atoms with Crippen molar-refractivity contribution in [3.8, 4) is 0 Å². The maximum absolute atomic E-state index is 11.4. The molecule has 0 aliphatic rings. The van der Waals surface area contributed by atoms with Gasteiger partial charge in [0.15, 0.2) is 0 Å². The first-order valence-corrected chi connectivity index (χ1v) is 8.17.